The normalized spacial score (nSPS) is 14.1. The third-order valence-corrected chi connectivity index (χ3v) is 0.641. The maximum absolute atomic E-state index is 5.31. The van der Waals surface area contributed by atoms with Crippen LogP contribution < -0.4 is 11.1 Å². The van der Waals surface area contributed by atoms with Crippen LogP contribution in [0.5, 0.6) is 0 Å². The number of rotatable bonds is 3. The maximum Gasteiger partial charge on any atom is 0.0682 e. The van der Waals surface area contributed by atoms with Gasteiger partial charge in [0, 0.05) is 6.54 Å². The molecule has 0 aromatic rings. The first-order valence-corrected chi connectivity index (χ1v) is 2.69. The standard InChI is InChI=1S/C5H13N2/c1-3-4-7-5(2)6/h5H,3-4,6H2,1-2H3. The van der Waals surface area contributed by atoms with Gasteiger partial charge in [-0.05, 0) is 13.3 Å². The van der Waals surface area contributed by atoms with Gasteiger partial charge in [0.1, 0.15) is 0 Å². The SMILES string of the molecule is CCC[N]C(C)N. The van der Waals surface area contributed by atoms with Crippen molar-refractivity contribution in [2.75, 3.05) is 6.54 Å². The highest BCUT2D eigenvalue weighted by molar-refractivity contribution is 4.46. The Morgan fingerprint density at radius 2 is 2.29 bits per heavy atom. The van der Waals surface area contributed by atoms with Gasteiger partial charge in [-0.2, -0.15) is 0 Å². The summed E-state index contributed by atoms with van der Waals surface area (Å²) in [5, 5.41) is 4.02. The van der Waals surface area contributed by atoms with Crippen LogP contribution in [-0.2, 0) is 0 Å². The van der Waals surface area contributed by atoms with E-state index in [9.17, 15) is 0 Å². The predicted molar refractivity (Wildman–Crippen MR) is 30.9 cm³/mol. The minimum Gasteiger partial charge on any atom is -0.315 e. The monoisotopic (exact) mass is 101 g/mol. The van der Waals surface area contributed by atoms with Crippen molar-refractivity contribution < 1.29 is 0 Å². The summed E-state index contributed by atoms with van der Waals surface area (Å²) >= 11 is 0. The summed E-state index contributed by atoms with van der Waals surface area (Å²) in [6.07, 6.45) is 1.13. The van der Waals surface area contributed by atoms with E-state index < -0.39 is 0 Å². The Hall–Kier alpha value is -0.0800. The topological polar surface area (TPSA) is 40.1 Å². The van der Waals surface area contributed by atoms with Crippen molar-refractivity contribution >= 4 is 0 Å². The number of nitrogens with zero attached hydrogens (tertiary/aromatic N) is 1. The van der Waals surface area contributed by atoms with Gasteiger partial charge in [0.05, 0.1) is 6.17 Å². The molecule has 0 aromatic heterocycles. The molecular formula is C5H13N2. The van der Waals surface area contributed by atoms with Gasteiger partial charge < -0.3 is 5.73 Å². The fraction of sp³-hybridized carbons (Fsp3) is 1.00. The van der Waals surface area contributed by atoms with Gasteiger partial charge in [-0.25, -0.2) is 5.32 Å². The molecule has 0 spiro atoms. The van der Waals surface area contributed by atoms with Crippen LogP contribution in [0, 0.1) is 0 Å². The van der Waals surface area contributed by atoms with E-state index in [1.165, 1.54) is 0 Å². The van der Waals surface area contributed by atoms with Crippen LogP contribution in [0.4, 0.5) is 0 Å². The lowest BCUT2D eigenvalue weighted by Crippen LogP contribution is -2.27. The molecule has 2 heteroatoms. The van der Waals surface area contributed by atoms with Crippen molar-refractivity contribution in [2.24, 2.45) is 5.73 Å². The van der Waals surface area contributed by atoms with E-state index in [-0.39, 0.29) is 6.17 Å². The molecule has 0 aliphatic rings. The lowest BCUT2D eigenvalue weighted by atomic mass is 10.4. The van der Waals surface area contributed by atoms with E-state index in [0.717, 1.165) is 13.0 Å². The molecule has 0 rings (SSSR count). The Morgan fingerprint density at radius 1 is 1.71 bits per heavy atom. The molecule has 0 heterocycles. The molecule has 1 atom stereocenters. The fourth-order valence-corrected chi connectivity index (χ4v) is 0.333. The maximum atomic E-state index is 5.31. The van der Waals surface area contributed by atoms with Crippen molar-refractivity contribution in [3.63, 3.8) is 0 Å². The minimum absolute atomic E-state index is 0.0277. The average Bonchev–Trinajstić information content (AvgIpc) is 1.61. The van der Waals surface area contributed by atoms with E-state index in [4.69, 9.17) is 5.73 Å². The summed E-state index contributed by atoms with van der Waals surface area (Å²) in [7, 11) is 0. The van der Waals surface area contributed by atoms with Gasteiger partial charge in [-0.1, -0.05) is 6.92 Å². The number of nitrogens with two attached hydrogens (primary N) is 1. The van der Waals surface area contributed by atoms with Crippen molar-refractivity contribution in [2.45, 2.75) is 26.4 Å². The van der Waals surface area contributed by atoms with Gasteiger partial charge in [-0.15, -0.1) is 0 Å². The highest BCUT2D eigenvalue weighted by Gasteiger charge is 1.87. The number of hydrogen-bond donors (Lipinski definition) is 1. The van der Waals surface area contributed by atoms with Gasteiger partial charge in [-0.3, -0.25) is 0 Å². The zero-order valence-electron chi connectivity index (χ0n) is 5.02. The first kappa shape index (κ1) is 6.92. The third kappa shape index (κ3) is 5.92. The number of hydrogen-bond acceptors (Lipinski definition) is 1. The molecule has 0 fully saturated rings. The smallest absolute Gasteiger partial charge is 0.0682 e. The van der Waals surface area contributed by atoms with Gasteiger partial charge in [0.15, 0.2) is 0 Å². The lowest BCUT2D eigenvalue weighted by molar-refractivity contribution is 0.551. The van der Waals surface area contributed by atoms with Crippen molar-refractivity contribution in [1.82, 2.24) is 5.32 Å². The summed E-state index contributed by atoms with van der Waals surface area (Å²) in [6, 6.07) is 0. The Morgan fingerprint density at radius 3 is 2.43 bits per heavy atom. The quantitative estimate of drug-likeness (QED) is 0.546. The van der Waals surface area contributed by atoms with E-state index >= 15 is 0 Å². The van der Waals surface area contributed by atoms with Crippen molar-refractivity contribution in [1.29, 1.82) is 0 Å². The van der Waals surface area contributed by atoms with E-state index in [1.807, 2.05) is 6.92 Å². The van der Waals surface area contributed by atoms with Crippen LogP contribution >= 0.6 is 0 Å². The largest absolute Gasteiger partial charge is 0.315 e. The second kappa shape index (κ2) is 4.09. The Bertz CT molecular complexity index is 35.1. The molecule has 0 saturated carbocycles. The van der Waals surface area contributed by atoms with Gasteiger partial charge in [0.25, 0.3) is 0 Å². The Balaban J connectivity index is 2.68. The van der Waals surface area contributed by atoms with E-state index in [1.54, 1.807) is 0 Å². The molecule has 2 nitrogen and oxygen atoms in total. The first-order valence-electron chi connectivity index (χ1n) is 2.69. The minimum atomic E-state index is 0.0277. The van der Waals surface area contributed by atoms with Crippen LogP contribution in [0.2, 0.25) is 0 Å². The summed E-state index contributed by atoms with van der Waals surface area (Å²) in [5.74, 6) is 0. The molecule has 0 bridgehead atoms. The second-order valence-corrected chi connectivity index (χ2v) is 1.65. The predicted octanol–water partition coefficient (Wildman–Crippen LogP) is 0.306. The van der Waals surface area contributed by atoms with Crippen molar-refractivity contribution in [3.05, 3.63) is 0 Å². The summed E-state index contributed by atoms with van der Waals surface area (Å²) < 4.78 is 0. The van der Waals surface area contributed by atoms with E-state index in [2.05, 4.69) is 12.2 Å². The zero-order chi connectivity index (χ0) is 5.70. The Labute approximate surface area is 45.1 Å². The van der Waals surface area contributed by atoms with Crippen molar-refractivity contribution in [3.8, 4) is 0 Å². The molecule has 2 N–H and O–H groups in total. The van der Waals surface area contributed by atoms with E-state index in [0.29, 0.717) is 0 Å². The summed E-state index contributed by atoms with van der Waals surface area (Å²) in [4.78, 5) is 0. The molecular weight excluding hydrogens is 88.1 g/mol. The fourth-order valence-electron chi connectivity index (χ4n) is 0.333. The lowest BCUT2D eigenvalue weighted by Gasteiger charge is -2.00. The van der Waals surface area contributed by atoms with Gasteiger partial charge in [0.2, 0.25) is 0 Å². The molecule has 43 valence electrons. The molecule has 1 radical (unpaired) electrons. The van der Waals surface area contributed by atoms with Crippen LogP contribution in [0.25, 0.3) is 0 Å². The third-order valence-electron chi connectivity index (χ3n) is 0.641. The zero-order valence-corrected chi connectivity index (χ0v) is 5.02. The van der Waals surface area contributed by atoms with Crippen LogP contribution in [0.3, 0.4) is 0 Å². The highest BCUT2D eigenvalue weighted by Crippen LogP contribution is 1.73. The summed E-state index contributed by atoms with van der Waals surface area (Å²) in [5.41, 5.74) is 5.31. The summed E-state index contributed by atoms with van der Waals surface area (Å²) in [6.45, 7) is 4.87. The average molecular weight is 101 g/mol. The molecule has 0 amide bonds. The second-order valence-electron chi connectivity index (χ2n) is 1.65. The van der Waals surface area contributed by atoms with Crippen LogP contribution in [0.1, 0.15) is 20.3 Å². The first-order chi connectivity index (χ1) is 3.27. The molecule has 1 unspecified atom stereocenters. The Kier molecular flexibility index (Phi) is 4.04. The molecule has 0 aliphatic carbocycles. The van der Waals surface area contributed by atoms with Gasteiger partial charge >= 0.3 is 0 Å². The molecule has 0 saturated heterocycles. The van der Waals surface area contributed by atoms with Crippen LogP contribution in [0.15, 0.2) is 0 Å². The van der Waals surface area contributed by atoms with Crippen LogP contribution in [-0.4, -0.2) is 12.7 Å². The highest BCUT2D eigenvalue weighted by atomic mass is 15.0. The molecule has 0 aromatic carbocycles. The molecule has 7 heavy (non-hydrogen) atoms. The molecule has 0 aliphatic heterocycles.